The Morgan fingerprint density at radius 2 is 2.04 bits per heavy atom. The van der Waals surface area contributed by atoms with Crippen molar-refractivity contribution < 1.29 is 14.7 Å². The molecule has 1 aromatic carbocycles. The van der Waals surface area contributed by atoms with Crippen LogP contribution in [-0.4, -0.2) is 47.1 Å². The number of thioether (sulfide) groups is 1. The average molecular weight is 388 g/mol. The number of hydrogen-bond donors (Lipinski definition) is 1. The fourth-order valence-corrected chi connectivity index (χ4v) is 3.51. The summed E-state index contributed by atoms with van der Waals surface area (Å²) in [5, 5.41) is 10.7. The number of amides is 1. The molecule has 0 bridgehead atoms. The maximum absolute atomic E-state index is 12.2. The number of carbonyl (C=O) groups excluding carboxylic acids is 2. The Hall–Kier alpha value is -1.61. The van der Waals surface area contributed by atoms with Gasteiger partial charge in [0.2, 0.25) is 0 Å². The van der Waals surface area contributed by atoms with E-state index in [0.717, 1.165) is 34.5 Å². The van der Waals surface area contributed by atoms with E-state index in [9.17, 15) is 14.7 Å². The quantitative estimate of drug-likeness (QED) is 0.453. The number of rotatable bonds is 6. The number of hydrogen-bond acceptors (Lipinski definition) is 6. The molecule has 1 aliphatic rings. The monoisotopic (exact) mass is 387 g/mol. The van der Waals surface area contributed by atoms with Gasteiger partial charge in [-0.1, -0.05) is 36.1 Å². The van der Waals surface area contributed by atoms with Crippen LogP contribution in [0.5, 0.6) is 0 Å². The molecule has 6 nitrogen and oxygen atoms in total. The molecule has 1 heterocycles. The largest absolute Gasteiger partial charge is 0.548 e. The molecule has 0 radical (unpaired) electrons. The SMILES string of the molecule is CN(CCCl)c1ccc(/C=C2\SC(=S)N(CC(=O)[O-])C2=O)cc1.[NH4+]. The van der Waals surface area contributed by atoms with Crippen LogP contribution in [0.2, 0.25) is 0 Å². The minimum atomic E-state index is -1.34. The number of carboxylic acids is 1. The predicted octanol–water partition coefficient (Wildman–Crippen LogP) is 1.69. The number of quaternary nitrogens is 1. The van der Waals surface area contributed by atoms with Crippen LogP contribution in [0.15, 0.2) is 29.2 Å². The third kappa shape index (κ3) is 4.94. The van der Waals surface area contributed by atoms with Crippen LogP contribution < -0.4 is 16.2 Å². The Morgan fingerprint density at radius 1 is 1.42 bits per heavy atom. The van der Waals surface area contributed by atoms with Crippen LogP contribution in [0.25, 0.3) is 6.08 Å². The number of benzene rings is 1. The third-order valence-corrected chi connectivity index (χ3v) is 4.76. The molecule has 9 heteroatoms. The number of nitrogens with zero attached hydrogens (tertiary/aromatic N) is 2. The summed E-state index contributed by atoms with van der Waals surface area (Å²) in [5.41, 5.74) is 1.86. The summed E-state index contributed by atoms with van der Waals surface area (Å²) < 4.78 is 0.226. The number of alkyl halides is 1. The van der Waals surface area contributed by atoms with E-state index in [2.05, 4.69) is 0 Å². The zero-order valence-electron chi connectivity index (χ0n) is 13.3. The molecule has 1 aliphatic heterocycles. The van der Waals surface area contributed by atoms with Gasteiger partial charge in [-0.2, -0.15) is 0 Å². The van der Waals surface area contributed by atoms with E-state index in [1.807, 2.05) is 36.2 Å². The van der Waals surface area contributed by atoms with Crippen molar-refractivity contribution >= 4 is 63.5 Å². The smallest absolute Gasteiger partial charge is 0.266 e. The average Bonchev–Trinajstić information content (AvgIpc) is 2.75. The van der Waals surface area contributed by atoms with E-state index in [0.29, 0.717) is 10.8 Å². The zero-order valence-corrected chi connectivity index (χ0v) is 15.7. The Kier molecular flexibility index (Phi) is 7.68. The molecule has 0 aliphatic carbocycles. The number of anilines is 1. The van der Waals surface area contributed by atoms with Gasteiger partial charge >= 0.3 is 0 Å². The summed E-state index contributed by atoms with van der Waals surface area (Å²) in [6, 6.07) is 7.62. The lowest BCUT2D eigenvalue weighted by Crippen LogP contribution is -2.40. The molecule has 0 atom stereocenters. The number of halogens is 1. The molecule has 1 fully saturated rings. The summed E-state index contributed by atoms with van der Waals surface area (Å²) in [6.45, 7) is 0.215. The topological polar surface area (TPSA) is 100 Å². The van der Waals surface area contributed by atoms with Crippen LogP contribution in [0.1, 0.15) is 5.56 Å². The number of aliphatic carboxylic acids is 1. The Bertz CT molecular complexity index is 664. The van der Waals surface area contributed by atoms with Gasteiger partial charge in [0.05, 0.1) is 17.4 Å². The van der Waals surface area contributed by atoms with Crippen molar-refractivity contribution in [2.45, 2.75) is 0 Å². The molecular weight excluding hydrogens is 370 g/mol. The standard InChI is InChI=1S/C15H15ClN2O3S2.H3N/c1-17(7-6-16)11-4-2-10(3-5-11)8-12-14(21)18(9-13(19)20)15(22)23-12;/h2-5,8H,6-7,9H2,1H3,(H,19,20);1H3/b12-8-;. The lowest BCUT2D eigenvalue weighted by molar-refractivity contribution is -0.305. The van der Waals surface area contributed by atoms with Gasteiger partial charge in [0.15, 0.2) is 0 Å². The van der Waals surface area contributed by atoms with Crippen LogP contribution >= 0.6 is 35.6 Å². The molecule has 4 N–H and O–H groups in total. The molecule has 1 saturated heterocycles. The minimum Gasteiger partial charge on any atom is -0.548 e. The first-order valence-corrected chi connectivity index (χ1v) is 8.50. The van der Waals surface area contributed by atoms with E-state index >= 15 is 0 Å². The van der Waals surface area contributed by atoms with Crippen molar-refractivity contribution in [1.29, 1.82) is 0 Å². The van der Waals surface area contributed by atoms with Gasteiger partial charge < -0.3 is 21.0 Å². The maximum Gasteiger partial charge on any atom is 0.266 e. The number of thiocarbonyl (C=S) groups is 1. The molecular formula is C15H18ClN3O3S2. The van der Waals surface area contributed by atoms with E-state index in [-0.39, 0.29) is 10.5 Å². The van der Waals surface area contributed by atoms with Crippen LogP contribution in [-0.2, 0) is 9.59 Å². The molecule has 1 aromatic rings. The first-order chi connectivity index (χ1) is 10.9. The van der Waals surface area contributed by atoms with Crippen LogP contribution in [0, 0.1) is 0 Å². The maximum atomic E-state index is 12.2. The summed E-state index contributed by atoms with van der Waals surface area (Å²) in [4.78, 5) is 26.3. The van der Waals surface area contributed by atoms with Gasteiger partial charge in [0.25, 0.3) is 5.91 Å². The van der Waals surface area contributed by atoms with E-state index in [1.54, 1.807) is 6.08 Å². The number of carbonyl (C=O) groups is 2. The van der Waals surface area contributed by atoms with E-state index in [1.165, 1.54) is 0 Å². The van der Waals surface area contributed by atoms with E-state index in [4.69, 9.17) is 23.8 Å². The van der Waals surface area contributed by atoms with Crippen LogP contribution in [0.4, 0.5) is 5.69 Å². The fourth-order valence-electron chi connectivity index (χ4n) is 2.00. The third-order valence-electron chi connectivity index (χ3n) is 3.21. The second-order valence-corrected chi connectivity index (χ2v) is 6.90. The van der Waals surface area contributed by atoms with Gasteiger partial charge in [-0.05, 0) is 23.8 Å². The highest BCUT2D eigenvalue weighted by Crippen LogP contribution is 2.32. The molecule has 0 aromatic heterocycles. The first kappa shape index (κ1) is 20.4. The van der Waals surface area contributed by atoms with Gasteiger partial charge in [-0.25, -0.2) is 0 Å². The lowest BCUT2D eigenvalue weighted by atomic mass is 10.2. The molecule has 130 valence electrons. The number of carboxylic acid groups (broad SMARTS) is 1. The molecule has 0 unspecified atom stereocenters. The van der Waals surface area contributed by atoms with Gasteiger partial charge in [-0.15, -0.1) is 11.6 Å². The highest BCUT2D eigenvalue weighted by atomic mass is 35.5. The fraction of sp³-hybridized carbons (Fsp3) is 0.267. The molecule has 2 rings (SSSR count). The highest BCUT2D eigenvalue weighted by molar-refractivity contribution is 8.26. The van der Waals surface area contributed by atoms with Crippen LogP contribution in [0.3, 0.4) is 0 Å². The Balaban J connectivity index is 0.00000288. The summed E-state index contributed by atoms with van der Waals surface area (Å²) in [6.07, 6.45) is 1.69. The van der Waals surface area contributed by atoms with Crippen molar-refractivity contribution in [2.75, 3.05) is 30.9 Å². The zero-order chi connectivity index (χ0) is 17.0. The van der Waals surface area contributed by atoms with Crippen molar-refractivity contribution in [3.05, 3.63) is 34.7 Å². The normalized spacial score (nSPS) is 15.6. The predicted molar refractivity (Wildman–Crippen MR) is 101 cm³/mol. The Morgan fingerprint density at radius 3 is 2.58 bits per heavy atom. The van der Waals surface area contributed by atoms with Crippen molar-refractivity contribution in [1.82, 2.24) is 11.1 Å². The second kappa shape index (κ2) is 9.03. The second-order valence-electron chi connectivity index (χ2n) is 4.84. The van der Waals surface area contributed by atoms with Gasteiger partial charge in [-0.3, -0.25) is 9.69 Å². The summed E-state index contributed by atoms with van der Waals surface area (Å²) >= 11 is 11.8. The summed E-state index contributed by atoms with van der Waals surface area (Å²) in [7, 11) is 1.95. The highest BCUT2D eigenvalue weighted by Gasteiger charge is 2.31. The molecule has 0 saturated carbocycles. The lowest BCUT2D eigenvalue weighted by Gasteiger charge is -2.17. The van der Waals surface area contributed by atoms with Gasteiger partial charge in [0.1, 0.15) is 4.32 Å². The molecule has 1 amide bonds. The Labute approximate surface area is 155 Å². The van der Waals surface area contributed by atoms with Gasteiger partial charge in [0, 0.05) is 25.2 Å². The van der Waals surface area contributed by atoms with Crippen molar-refractivity contribution in [3.63, 3.8) is 0 Å². The van der Waals surface area contributed by atoms with Crippen molar-refractivity contribution in [2.24, 2.45) is 0 Å². The molecule has 24 heavy (non-hydrogen) atoms. The molecule has 0 spiro atoms. The summed E-state index contributed by atoms with van der Waals surface area (Å²) in [5.74, 6) is -1.21. The van der Waals surface area contributed by atoms with Crippen molar-refractivity contribution in [3.8, 4) is 0 Å². The van der Waals surface area contributed by atoms with E-state index < -0.39 is 18.4 Å². The minimum absolute atomic E-state index is 0. The first-order valence-electron chi connectivity index (χ1n) is 6.74.